The number of thiophene rings is 1. The Morgan fingerprint density at radius 3 is 3.00 bits per heavy atom. The molecule has 0 aliphatic carbocycles. The third-order valence-electron chi connectivity index (χ3n) is 3.17. The highest BCUT2D eigenvalue weighted by atomic mass is 32.1. The van der Waals surface area contributed by atoms with Crippen molar-refractivity contribution in [3.63, 3.8) is 0 Å². The Balaban J connectivity index is 1.99. The fourth-order valence-corrected chi connectivity index (χ4v) is 3.23. The number of hydrogen-bond donors (Lipinski definition) is 1. The largest absolute Gasteiger partial charge is 0.328 e. The van der Waals surface area contributed by atoms with Crippen LogP contribution >= 0.6 is 11.3 Å². The highest BCUT2D eigenvalue weighted by Crippen LogP contribution is 2.23. The molecule has 0 bridgehead atoms. The molecule has 3 rings (SSSR count). The average Bonchev–Trinajstić information content (AvgIpc) is 2.92. The quantitative estimate of drug-likeness (QED) is 0.864. The van der Waals surface area contributed by atoms with Gasteiger partial charge in [-0.1, -0.05) is 0 Å². The Kier molecular flexibility index (Phi) is 2.53. The van der Waals surface area contributed by atoms with E-state index in [2.05, 4.69) is 9.88 Å². The maximum Gasteiger partial charge on any atom is 0.256 e. The molecule has 0 saturated carbocycles. The Labute approximate surface area is 97.7 Å². The van der Waals surface area contributed by atoms with Crippen LogP contribution < -0.4 is 5.56 Å². The standard InChI is InChI=1S/C12H14N2OS/c15-12-10-3-6-16-11(10)9(7-13-12)8-14-4-1-2-5-14/h3,6-7H,1-2,4-5,8H2,(H,13,15). The summed E-state index contributed by atoms with van der Waals surface area (Å²) in [5.74, 6) is 0. The first kappa shape index (κ1) is 10.1. The first-order valence-electron chi connectivity index (χ1n) is 5.65. The molecule has 0 aromatic carbocycles. The number of rotatable bonds is 2. The molecule has 0 atom stereocenters. The van der Waals surface area contributed by atoms with E-state index in [9.17, 15) is 4.79 Å². The van der Waals surface area contributed by atoms with Crippen LogP contribution in [0.5, 0.6) is 0 Å². The van der Waals surface area contributed by atoms with Crippen LogP contribution in [-0.4, -0.2) is 23.0 Å². The summed E-state index contributed by atoms with van der Waals surface area (Å²) in [5.41, 5.74) is 1.29. The van der Waals surface area contributed by atoms with Crippen LogP contribution in [0.15, 0.2) is 22.4 Å². The number of pyridine rings is 1. The Morgan fingerprint density at radius 2 is 2.19 bits per heavy atom. The summed E-state index contributed by atoms with van der Waals surface area (Å²) < 4.78 is 1.15. The highest BCUT2D eigenvalue weighted by Gasteiger charge is 2.14. The van der Waals surface area contributed by atoms with Gasteiger partial charge in [-0.05, 0) is 37.4 Å². The van der Waals surface area contributed by atoms with E-state index in [0.717, 1.165) is 16.6 Å². The van der Waals surface area contributed by atoms with Crippen molar-refractivity contribution in [1.29, 1.82) is 0 Å². The Bertz CT molecular complexity index is 551. The molecule has 1 saturated heterocycles. The van der Waals surface area contributed by atoms with E-state index in [1.165, 1.54) is 31.5 Å². The molecule has 3 nitrogen and oxygen atoms in total. The van der Waals surface area contributed by atoms with Crippen LogP contribution in [-0.2, 0) is 6.54 Å². The SMILES string of the molecule is O=c1[nH]cc(CN2CCCC2)c2sccc12. The summed E-state index contributed by atoms with van der Waals surface area (Å²) in [6.45, 7) is 3.34. The molecule has 0 unspecified atom stereocenters. The average molecular weight is 234 g/mol. The second-order valence-corrected chi connectivity index (χ2v) is 5.21. The zero-order chi connectivity index (χ0) is 11.0. The Hall–Kier alpha value is -1.13. The van der Waals surface area contributed by atoms with Crippen molar-refractivity contribution in [3.8, 4) is 0 Å². The van der Waals surface area contributed by atoms with Gasteiger partial charge in [0.25, 0.3) is 5.56 Å². The molecule has 2 aromatic heterocycles. The van der Waals surface area contributed by atoms with Crippen LogP contribution in [0, 0.1) is 0 Å². The molecule has 3 heterocycles. The van der Waals surface area contributed by atoms with E-state index in [-0.39, 0.29) is 5.56 Å². The molecule has 1 aliphatic rings. The summed E-state index contributed by atoms with van der Waals surface area (Å²) in [6, 6.07) is 1.91. The van der Waals surface area contributed by atoms with Crippen molar-refractivity contribution in [1.82, 2.24) is 9.88 Å². The normalized spacial score (nSPS) is 17.2. The molecule has 0 amide bonds. The maximum absolute atomic E-state index is 11.6. The molecular formula is C12H14N2OS. The molecule has 16 heavy (non-hydrogen) atoms. The lowest BCUT2D eigenvalue weighted by molar-refractivity contribution is 0.332. The van der Waals surface area contributed by atoms with Gasteiger partial charge in [-0.25, -0.2) is 0 Å². The second kappa shape index (κ2) is 4.03. The number of nitrogens with one attached hydrogen (secondary N) is 1. The van der Waals surface area contributed by atoms with Gasteiger partial charge in [0.2, 0.25) is 0 Å². The van der Waals surface area contributed by atoms with Crippen LogP contribution in [0.3, 0.4) is 0 Å². The van der Waals surface area contributed by atoms with Crippen LogP contribution in [0.25, 0.3) is 10.1 Å². The second-order valence-electron chi connectivity index (χ2n) is 4.29. The summed E-state index contributed by atoms with van der Waals surface area (Å²) in [5, 5.41) is 2.83. The third-order valence-corrected chi connectivity index (χ3v) is 4.16. The Morgan fingerprint density at radius 1 is 1.38 bits per heavy atom. The van der Waals surface area contributed by atoms with Crippen LogP contribution in [0.1, 0.15) is 18.4 Å². The van der Waals surface area contributed by atoms with Gasteiger partial charge in [0.05, 0.1) is 5.39 Å². The van der Waals surface area contributed by atoms with Crippen LogP contribution in [0.2, 0.25) is 0 Å². The molecule has 4 heteroatoms. The number of H-pyrrole nitrogens is 1. The van der Waals surface area contributed by atoms with Gasteiger partial charge in [-0.15, -0.1) is 11.3 Å². The van der Waals surface area contributed by atoms with E-state index in [1.54, 1.807) is 11.3 Å². The zero-order valence-electron chi connectivity index (χ0n) is 9.03. The molecule has 0 spiro atoms. The van der Waals surface area contributed by atoms with E-state index < -0.39 is 0 Å². The van der Waals surface area contributed by atoms with Gasteiger partial charge >= 0.3 is 0 Å². The van der Waals surface area contributed by atoms with Crippen LogP contribution in [0.4, 0.5) is 0 Å². The summed E-state index contributed by atoms with van der Waals surface area (Å²) in [6.07, 6.45) is 4.48. The van der Waals surface area contributed by atoms with Gasteiger partial charge in [-0.2, -0.15) is 0 Å². The summed E-state index contributed by atoms with van der Waals surface area (Å²) in [7, 11) is 0. The minimum atomic E-state index is 0.0291. The van der Waals surface area contributed by atoms with Crippen molar-refractivity contribution >= 4 is 21.4 Å². The molecule has 1 fully saturated rings. The lowest BCUT2D eigenvalue weighted by Crippen LogP contribution is -2.19. The van der Waals surface area contributed by atoms with E-state index in [0.29, 0.717) is 0 Å². The predicted octanol–water partition coefficient (Wildman–Crippen LogP) is 2.19. The molecule has 84 valence electrons. The number of aromatic nitrogens is 1. The smallest absolute Gasteiger partial charge is 0.256 e. The van der Waals surface area contributed by atoms with Crippen molar-refractivity contribution in [3.05, 3.63) is 33.6 Å². The summed E-state index contributed by atoms with van der Waals surface area (Å²) >= 11 is 1.66. The number of likely N-dealkylation sites (tertiary alicyclic amines) is 1. The minimum absolute atomic E-state index is 0.0291. The van der Waals surface area contributed by atoms with Gasteiger partial charge in [-0.3, -0.25) is 9.69 Å². The van der Waals surface area contributed by atoms with E-state index in [4.69, 9.17) is 0 Å². The first-order valence-corrected chi connectivity index (χ1v) is 6.53. The van der Waals surface area contributed by atoms with E-state index in [1.807, 2.05) is 17.6 Å². The van der Waals surface area contributed by atoms with Gasteiger partial charge < -0.3 is 4.98 Å². The van der Waals surface area contributed by atoms with E-state index >= 15 is 0 Å². The topological polar surface area (TPSA) is 36.1 Å². The van der Waals surface area contributed by atoms with Crippen molar-refractivity contribution in [2.75, 3.05) is 13.1 Å². The lowest BCUT2D eigenvalue weighted by Gasteiger charge is -2.14. The first-order chi connectivity index (χ1) is 7.84. The van der Waals surface area contributed by atoms with Crippen molar-refractivity contribution in [2.24, 2.45) is 0 Å². The number of hydrogen-bond acceptors (Lipinski definition) is 3. The number of fused-ring (bicyclic) bond motifs is 1. The van der Waals surface area contributed by atoms with Gasteiger partial charge in [0.1, 0.15) is 0 Å². The summed E-state index contributed by atoms with van der Waals surface area (Å²) in [4.78, 5) is 16.8. The molecule has 1 N–H and O–H groups in total. The fraction of sp³-hybridized carbons (Fsp3) is 0.417. The number of aromatic amines is 1. The predicted molar refractivity (Wildman–Crippen MR) is 67.0 cm³/mol. The molecule has 2 aromatic rings. The molecule has 1 aliphatic heterocycles. The van der Waals surface area contributed by atoms with Gasteiger partial charge in [0, 0.05) is 23.0 Å². The third kappa shape index (κ3) is 1.68. The van der Waals surface area contributed by atoms with Crippen molar-refractivity contribution in [2.45, 2.75) is 19.4 Å². The highest BCUT2D eigenvalue weighted by molar-refractivity contribution is 7.17. The molecular weight excluding hydrogens is 220 g/mol. The monoisotopic (exact) mass is 234 g/mol. The van der Waals surface area contributed by atoms with Crippen molar-refractivity contribution < 1.29 is 0 Å². The maximum atomic E-state index is 11.6. The lowest BCUT2D eigenvalue weighted by atomic mass is 10.2. The molecule has 0 radical (unpaired) electrons. The van der Waals surface area contributed by atoms with Gasteiger partial charge in [0.15, 0.2) is 0 Å². The fourth-order valence-electron chi connectivity index (χ4n) is 2.33. The number of nitrogens with zero attached hydrogens (tertiary/aromatic N) is 1. The zero-order valence-corrected chi connectivity index (χ0v) is 9.85. The minimum Gasteiger partial charge on any atom is -0.328 e.